The lowest BCUT2D eigenvalue weighted by atomic mass is 10.1. The molecule has 0 aromatic heterocycles. The average Bonchev–Trinajstić information content (AvgIpc) is 2.97. The molecular weight excluding hydrogens is 363 g/mol. The lowest BCUT2D eigenvalue weighted by Gasteiger charge is -2.10. The minimum atomic E-state index is -0.172. The van der Waals surface area contributed by atoms with Gasteiger partial charge in [-0.25, -0.2) is 0 Å². The zero-order valence-electron chi connectivity index (χ0n) is 13.3. The summed E-state index contributed by atoms with van der Waals surface area (Å²) >= 11 is 12.0. The van der Waals surface area contributed by atoms with Gasteiger partial charge in [-0.2, -0.15) is 0 Å². The third kappa shape index (κ3) is 4.06. The Kier molecular flexibility index (Phi) is 5.46. The van der Waals surface area contributed by atoms with Gasteiger partial charge in [0.05, 0.1) is 22.9 Å². The number of nitrogens with one attached hydrogen (secondary N) is 2. The molecule has 0 aliphatic carbocycles. The molecule has 0 saturated carbocycles. The number of rotatable bonds is 6. The van der Waals surface area contributed by atoms with E-state index in [1.165, 1.54) is 0 Å². The minimum absolute atomic E-state index is 0.162. The molecule has 3 rings (SSSR count). The Balaban J connectivity index is 1.50. The Bertz CT molecular complexity index is 824. The van der Waals surface area contributed by atoms with Crippen LogP contribution < -0.4 is 15.4 Å². The summed E-state index contributed by atoms with van der Waals surface area (Å²) in [5.41, 5.74) is 1.97. The van der Waals surface area contributed by atoms with Crippen LogP contribution in [0.15, 0.2) is 36.4 Å². The summed E-state index contributed by atoms with van der Waals surface area (Å²) in [5, 5.41) is 6.32. The summed E-state index contributed by atoms with van der Waals surface area (Å²) in [6.45, 7) is 0.826. The smallest absolute Gasteiger partial charge is 0.254 e. The summed E-state index contributed by atoms with van der Waals surface area (Å²) < 4.78 is 5.55. The van der Waals surface area contributed by atoms with Crippen LogP contribution in [0.4, 0.5) is 5.69 Å². The van der Waals surface area contributed by atoms with E-state index in [1.54, 1.807) is 24.3 Å². The van der Waals surface area contributed by atoms with Gasteiger partial charge < -0.3 is 15.4 Å². The fraction of sp³-hybridized carbons (Fsp3) is 0.222. The van der Waals surface area contributed by atoms with Gasteiger partial charge in [0, 0.05) is 13.0 Å². The van der Waals surface area contributed by atoms with Gasteiger partial charge in [0.2, 0.25) is 5.91 Å². The largest absolute Gasteiger partial charge is 0.492 e. The Hall–Kier alpha value is -2.24. The highest BCUT2D eigenvalue weighted by Crippen LogP contribution is 2.31. The van der Waals surface area contributed by atoms with Crippen molar-refractivity contribution in [1.82, 2.24) is 5.32 Å². The SMILES string of the molecule is O=C(CCCOc1cccc(Cl)c1Cl)Nc1cccc2c1C(=O)NC2. The van der Waals surface area contributed by atoms with Crippen molar-refractivity contribution in [2.45, 2.75) is 19.4 Å². The van der Waals surface area contributed by atoms with Gasteiger partial charge in [-0.1, -0.05) is 41.4 Å². The Labute approximate surface area is 155 Å². The first kappa shape index (κ1) is 17.6. The highest BCUT2D eigenvalue weighted by atomic mass is 35.5. The molecule has 0 bridgehead atoms. The number of anilines is 1. The zero-order valence-corrected chi connectivity index (χ0v) is 14.8. The molecule has 25 heavy (non-hydrogen) atoms. The highest BCUT2D eigenvalue weighted by molar-refractivity contribution is 6.42. The molecule has 130 valence electrons. The number of halogens is 2. The van der Waals surface area contributed by atoms with Crippen LogP contribution in [0.2, 0.25) is 10.0 Å². The maximum absolute atomic E-state index is 12.1. The van der Waals surface area contributed by atoms with E-state index in [1.807, 2.05) is 12.1 Å². The second-order valence-corrected chi connectivity index (χ2v) is 6.36. The summed E-state index contributed by atoms with van der Waals surface area (Å²) in [6.07, 6.45) is 0.777. The quantitative estimate of drug-likeness (QED) is 0.745. The molecule has 7 heteroatoms. The number of fused-ring (bicyclic) bond motifs is 1. The van der Waals surface area contributed by atoms with Gasteiger partial charge in [-0.15, -0.1) is 0 Å². The molecular formula is C18H16Cl2N2O3. The normalized spacial score (nSPS) is 12.5. The van der Waals surface area contributed by atoms with E-state index < -0.39 is 0 Å². The van der Waals surface area contributed by atoms with Gasteiger partial charge in [-0.05, 0) is 30.2 Å². The van der Waals surface area contributed by atoms with E-state index in [0.717, 1.165) is 5.56 Å². The number of hydrogen-bond donors (Lipinski definition) is 2. The van der Waals surface area contributed by atoms with E-state index in [4.69, 9.17) is 27.9 Å². The van der Waals surface area contributed by atoms with Crippen molar-refractivity contribution in [2.24, 2.45) is 0 Å². The second kappa shape index (κ2) is 7.76. The average molecular weight is 379 g/mol. The standard InChI is InChI=1S/C18H16Cl2N2O3/c19-12-5-2-7-14(17(12)20)25-9-3-8-15(23)22-13-6-1-4-11-10-21-18(24)16(11)13/h1-2,4-7H,3,8-10H2,(H,21,24)(H,22,23). The molecule has 1 heterocycles. The predicted octanol–water partition coefficient (Wildman–Crippen LogP) is 4.03. The highest BCUT2D eigenvalue weighted by Gasteiger charge is 2.22. The molecule has 5 nitrogen and oxygen atoms in total. The number of ether oxygens (including phenoxy) is 1. The van der Waals surface area contributed by atoms with Crippen molar-refractivity contribution < 1.29 is 14.3 Å². The molecule has 2 amide bonds. The van der Waals surface area contributed by atoms with E-state index in [2.05, 4.69) is 10.6 Å². The van der Waals surface area contributed by atoms with Gasteiger partial charge in [0.25, 0.3) is 5.91 Å². The third-order valence-corrected chi connectivity index (χ3v) is 4.61. The van der Waals surface area contributed by atoms with Crippen molar-refractivity contribution >= 4 is 40.7 Å². The summed E-state index contributed by atoms with van der Waals surface area (Å²) in [5.74, 6) is 0.158. The molecule has 1 aliphatic heterocycles. The van der Waals surface area contributed by atoms with E-state index in [9.17, 15) is 9.59 Å². The topological polar surface area (TPSA) is 67.4 Å². The number of amides is 2. The monoisotopic (exact) mass is 378 g/mol. The van der Waals surface area contributed by atoms with Crippen LogP contribution in [-0.2, 0) is 11.3 Å². The number of hydrogen-bond acceptors (Lipinski definition) is 3. The van der Waals surface area contributed by atoms with E-state index >= 15 is 0 Å². The lowest BCUT2D eigenvalue weighted by Crippen LogP contribution is -2.17. The number of benzene rings is 2. The molecule has 0 fully saturated rings. The maximum Gasteiger partial charge on any atom is 0.254 e. The maximum atomic E-state index is 12.1. The van der Waals surface area contributed by atoms with Crippen LogP contribution in [0, 0.1) is 0 Å². The summed E-state index contributed by atoms with van der Waals surface area (Å²) in [7, 11) is 0. The molecule has 2 aromatic carbocycles. The first-order valence-corrected chi connectivity index (χ1v) is 8.58. The van der Waals surface area contributed by atoms with Gasteiger partial charge in [0.1, 0.15) is 10.8 Å². The number of carbonyl (C=O) groups is 2. The van der Waals surface area contributed by atoms with Crippen LogP contribution >= 0.6 is 23.2 Å². The Morgan fingerprint density at radius 1 is 1.20 bits per heavy atom. The molecule has 2 N–H and O–H groups in total. The molecule has 2 aromatic rings. The van der Waals surface area contributed by atoms with Gasteiger partial charge >= 0.3 is 0 Å². The molecule has 0 unspecified atom stereocenters. The number of carbonyl (C=O) groups excluding carboxylic acids is 2. The van der Waals surface area contributed by atoms with Crippen LogP contribution in [0.25, 0.3) is 0 Å². The lowest BCUT2D eigenvalue weighted by molar-refractivity contribution is -0.116. The summed E-state index contributed by atoms with van der Waals surface area (Å²) in [6, 6.07) is 10.6. The second-order valence-electron chi connectivity index (χ2n) is 5.57. The fourth-order valence-electron chi connectivity index (χ4n) is 2.61. The zero-order chi connectivity index (χ0) is 17.8. The Morgan fingerprint density at radius 3 is 2.84 bits per heavy atom. The van der Waals surface area contributed by atoms with Crippen LogP contribution in [0.3, 0.4) is 0 Å². The molecule has 0 spiro atoms. The first-order chi connectivity index (χ1) is 12.1. The molecule has 0 saturated heterocycles. The van der Waals surface area contributed by atoms with Crippen LogP contribution in [-0.4, -0.2) is 18.4 Å². The van der Waals surface area contributed by atoms with Crippen molar-refractivity contribution in [3.8, 4) is 5.75 Å². The molecule has 1 aliphatic rings. The van der Waals surface area contributed by atoms with E-state index in [0.29, 0.717) is 46.6 Å². The van der Waals surface area contributed by atoms with Crippen molar-refractivity contribution in [2.75, 3.05) is 11.9 Å². The predicted molar refractivity (Wildman–Crippen MR) is 97.4 cm³/mol. The Morgan fingerprint density at radius 2 is 2.00 bits per heavy atom. The van der Waals surface area contributed by atoms with Gasteiger partial charge in [-0.3, -0.25) is 9.59 Å². The van der Waals surface area contributed by atoms with Crippen molar-refractivity contribution in [3.05, 3.63) is 57.6 Å². The third-order valence-electron chi connectivity index (χ3n) is 3.81. The summed E-state index contributed by atoms with van der Waals surface area (Å²) in [4.78, 5) is 23.9. The fourth-order valence-corrected chi connectivity index (χ4v) is 2.95. The minimum Gasteiger partial charge on any atom is -0.492 e. The van der Waals surface area contributed by atoms with Crippen LogP contribution in [0.5, 0.6) is 5.75 Å². The molecule has 0 atom stereocenters. The van der Waals surface area contributed by atoms with E-state index in [-0.39, 0.29) is 18.2 Å². The van der Waals surface area contributed by atoms with Crippen molar-refractivity contribution in [1.29, 1.82) is 0 Å². The van der Waals surface area contributed by atoms with Crippen molar-refractivity contribution in [3.63, 3.8) is 0 Å². The first-order valence-electron chi connectivity index (χ1n) is 7.83. The van der Waals surface area contributed by atoms with Gasteiger partial charge in [0.15, 0.2) is 0 Å². The molecule has 0 radical (unpaired) electrons. The van der Waals surface area contributed by atoms with Crippen LogP contribution in [0.1, 0.15) is 28.8 Å².